The van der Waals surface area contributed by atoms with Crippen LogP contribution in [0.5, 0.6) is 0 Å². The molecule has 12 heavy (non-hydrogen) atoms. The van der Waals surface area contributed by atoms with Gasteiger partial charge in [-0.15, -0.1) is 0 Å². The van der Waals surface area contributed by atoms with Crippen LogP contribution in [0.4, 0.5) is 0 Å². The Morgan fingerprint density at radius 1 is 1.42 bits per heavy atom. The first-order valence-corrected chi connectivity index (χ1v) is 4.73. The van der Waals surface area contributed by atoms with Gasteiger partial charge in [-0.3, -0.25) is 9.69 Å². The van der Waals surface area contributed by atoms with Crippen LogP contribution < -0.4 is 0 Å². The summed E-state index contributed by atoms with van der Waals surface area (Å²) in [5, 5.41) is 8.60. The van der Waals surface area contributed by atoms with Crippen molar-refractivity contribution in [3.8, 4) is 0 Å². The molecule has 68 valence electrons. The molecule has 1 heterocycles. The number of hydrogen-bond donors (Lipinski definition) is 1. The van der Waals surface area contributed by atoms with E-state index in [1.807, 2.05) is 0 Å². The van der Waals surface area contributed by atoms with E-state index >= 15 is 0 Å². The zero-order valence-corrected chi connectivity index (χ0v) is 7.20. The van der Waals surface area contributed by atoms with Gasteiger partial charge in [0.2, 0.25) is 0 Å². The molecular weight excluding hydrogens is 154 g/mol. The number of likely N-dealkylation sites (tertiary alicyclic amines) is 1. The third-order valence-corrected chi connectivity index (χ3v) is 3.15. The highest BCUT2D eigenvalue weighted by molar-refractivity contribution is 5.69. The first-order chi connectivity index (χ1) is 5.77. The smallest absolute Gasteiger partial charge is 0.317 e. The van der Waals surface area contributed by atoms with Crippen molar-refractivity contribution in [1.29, 1.82) is 0 Å². The Kier molecular flexibility index (Phi) is 2.05. The predicted molar refractivity (Wildman–Crippen MR) is 45.0 cm³/mol. The van der Waals surface area contributed by atoms with Gasteiger partial charge in [-0.1, -0.05) is 12.8 Å². The number of nitrogens with zero attached hydrogens (tertiary/aromatic N) is 1. The second-order valence-corrected chi connectivity index (χ2v) is 3.94. The van der Waals surface area contributed by atoms with Gasteiger partial charge in [0.05, 0.1) is 6.54 Å². The molecule has 0 aromatic heterocycles. The van der Waals surface area contributed by atoms with Gasteiger partial charge in [0, 0.05) is 12.6 Å². The van der Waals surface area contributed by atoms with Crippen LogP contribution in [0.1, 0.15) is 25.7 Å². The summed E-state index contributed by atoms with van der Waals surface area (Å²) < 4.78 is 0. The third-order valence-electron chi connectivity index (χ3n) is 3.15. The Balaban J connectivity index is 1.84. The minimum absolute atomic E-state index is 0.251. The molecule has 2 atom stereocenters. The monoisotopic (exact) mass is 169 g/mol. The number of carboxylic acids is 1. The van der Waals surface area contributed by atoms with E-state index in [1.165, 1.54) is 25.7 Å². The molecular formula is C9H15NO2. The number of rotatable bonds is 2. The quantitative estimate of drug-likeness (QED) is 0.669. The topological polar surface area (TPSA) is 40.5 Å². The van der Waals surface area contributed by atoms with Gasteiger partial charge in [0.25, 0.3) is 0 Å². The van der Waals surface area contributed by atoms with E-state index in [0.29, 0.717) is 6.04 Å². The summed E-state index contributed by atoms with van der Waals surface area (Å²) in [5.41, 5.74) is 0. The van der Waals surface area contributed by atoms with Crippen LogP contribution in [0, 0.1) is 5.92 Å². The van der Waals surface area contributed by atoms with Gasteiger partial charge in [-0.25, -0.2) is 0 Å². The van der Waals surface area contributed by atoms with E-state index in [-0.39, 0.29) is 6.54 Å². The van der Waals surface area contributed by atoms with E-state index < -0.39 is 5.97 Å². The molecule has 2 fully saturated rings. The predicted octanol–water partition coefficient (Wildman–Crippen LogP) is 0.945. The Bertz CT molecular complexity index is 193. The highest BCUT2D eigenvalue weighted by Crippen LogP contribution is 2.36. The summed E-state index contributed by atoms with van der Waals surface area (Å²) in [5.74, 6) is 0.136. The largest absolute Gasteiger partial charge is 0.480 e. The summed E-state index contributed by atoms with van der Waals surface area (Å²) in [7, 11) is 0. The minimum atomic E-state index is -0.681. The summed E-state index contributed by atoms with van der Waals surface area (Å²) in [6.07, 6.45) is 5.18. The SMILES string of the molecule is O=C(O)CN1CC2CCCCC21. The second kappa shape index (κ2) is 3.05. The molecule has 1 saturated heterocycles. The normalized spacial score (nSPS) is 35.3. The van der Waals surface area contributed by atoms with E-state index in [1.54, 1.807) is 0 Å². The zero-order valence-electron chi connectivity index (χ0n) is 7.20. The number of fused-ring (bicyclic) bond motifs is 1. The summed E-state index contributed by atoms with van der Waals surface area (Å²) in [6, 6.07) is 0.606. The van der Waals surface area contributed by atoms with Crippen molar-refractivity contribution >= 4 is 5.97 Å². The molecule has 1 saturated carbocycles. The lowest BCUT2D eigenvalue weighted by atomic mass is 9.77. The number of aliphatic carboxylic acids is 1. The third kappa shape index (κ3) is 1.33. The van der Waals surface area contributed by atoms with Gasteiger partial charge in [-0.2, -0.15) is 0 Å². The maximum Gasteiger partial charge on any atom is 0.317 e. The number of carboxylic acid groups (broad SMARTS) is 1. The lowest BCUT2D eigenvalue weighted by Crippen LogP contribution is -2.58. The fraction of sp³-hybridized carbons (Fsp3) is 0.889. The van der Waals surface area contributed by atoms with Crippen molar-refractivity contribution < 1.29 is 9.90 Å². The average Bonchev–Trinajstić information content (AvgIpc) is 2.00. The summed E-state index contributed by atoms with van der Waals surface area (Å²) in [4.78, 5) is 12.5. The van der Waals surface area contributed by atoms with Crippen LogP contribution >= 0.6 is 0 Å². The van der Waals surface area contributed by atoms with Crippen molar-refractivity contribution in [3.05, 3.63) is 0 Å². The second-order valence-electron chi connectivity index (χ2n) is 3.94. The number of hydrogen-bond acceptors (Lipinski definition) is 2. The molecule has 2 rings (SSSR count). The zero-order chi connectivity index (χ0) is 8.55. The van der Waals surface area contributed by atoms with Crippen LogP contribution in [0.15, 0.2) is 0 Å². The lowest BCUT2D eigenvalue weighted by Gasteiger charge is -2.50. The number of carbonyl (C=O) groups is 1. The molecule has 0 aromatic carbocycles. The van der Waals surface area contributed by atoms with Crippen molar-refractivity contribution in [2.75, 3.05) is 13.1 Å². The molecule has 3 heteroatoms. The first-order valence-electron chi connectivity index (χ1n) is 4.73. The van der Waals surface area contributed by atoms with Crippen molar-refractivity contribution in [2.24, 2.45) is 5.92 Å². The maximum absolute atomic E-state index is 10.4. The fourth-order valence-electron chi connectivity index (χ4n) is 2.54. The molecule has 2 aliphatic rings. The van der Waals surface area contributed by atoms with Crippen LogP contribution in [0.3, 0.4) is 0 Å². The minimum Gasteiger partial charge on any atom is -0.480 e. The van der Waals surface area contributed by atoms with E-state index in [2.05, 4.69) is 4.90 Å². The van der Waals surface area contributed by atoms with Gasteiger partial charge in [0.1, 0.15) is 0 Å². The lowest BCUT2D eigenvalue weighted by molar-refractivity contribution is -0.143. The molecule has 0 radical (unpaired) electrons. The molecule has 0 aromatic rings. The average molecular weight is 169 g/mol. The Morgan fingerprint density at radius 3 is 2.83 bits per heavy atom. The van der Waals surface area contributed by atoms with Crippen LogP contribution in [-0.2, 0) is 4.79 Å². The van der Waals surface area contributed by atoms with Crippen molar-refractivity contribution in [3.63, 3.8) is 0 Å². The molecule has 1 N–H and O–H groups in total. The fourth-order valence-corrected chi connectivity index (χ4v) is 2.54. The van der Waals surface area contributed by atoms with E-state index in [0.717, 1.165) is 12.5 Å². The molecule has 0 spiro atoms. The van der Waals surface area contributed by atoms with Gasteiger partial charge in [0.15, 0.2) is 0 Å². The van der Waals surface area contributed by atoms with Crippen LogP contribution in [0.25, 0.3) is 0 Å². The van der Waals surface area contributed by atoms with E-state index in [9.17, 15) is 4.79 Å². The first kappa shape index (κ1) is 8.05. The van der Waals surface area contributed by atoms with Gasteiger partial charge >= 0.3 is 5.97 Å². The van der Waals surface area contributed by atoms with Crippen molar-refractivity contribution in [2.45, 2.75) is 31.7 Å². The van der Waals surface area contributed by atoms with Crippen molar-refractivity contribution in [1.82, 2.24) is 4.90 Å². The Hall–Kier alpha value is -0.570. The molecule has 3 nitrogen and oxygen atoms in total. The maximum atomic E-state index is 10.4. The molecule has 0 amide bonds. The highest BCUT2D eigenvalue weighted by Gasteiger charge is 2.40. The Morgan fingerprint density at radius 2 is 2.17 bits per heavy atom. The van der Waals surface area contributed by atoms with Crippen LogP contribution in [0.2, 0.25) is 0 Å². The van der Waals surface area contributed by atoms with E-state index in [4.69, 9.17) is 5.11 Å². The van der Waals surface area contributed by atoms with Gasteiger partial charge in [-0.05, 0) is 18.8 Å². The standard InChI is InChI=1S/C9H15NO2/c11-9(12)6-10-5-7-3-1-2-4-8(7)10/h7-8H,1-6H2,(H,11,12). The summed E-state index contributed by atoms with van der Waals surface area (Å²) in [6.45, 7) is 1.28. The molecule has 1 aliphatic carbocycles. The summed E-state index contributed by atoms with van der Waals surface area (Å²) >= 11 is 0. The molecule has 0 bridgehead atoms. The van der Waals surface area contributed by atoms with Gasteiger partial charge < -0.3 is 5.11 Å². The molecule has 2 unspecified atom stereocenters. The van der Waals surface area contributed by atoms with Crippen LogP contribution in [-0.4, -0.2) is 35.1 Å². The Labute approximate surface area is 72.4 Å². The highest BCUT2D eigenvalue weighted by atomic mass is 16.4. The molecule has 1 aliphatic heterocycles.